The highest BCUT2D eigenvalue weighted by Crippen LogP contribution is 2.15. The lowest BCUT2D eigenvalue weighted by molar-refractivity contribution is 0.0944. The summed E-state index contributed by atoms with van der Waals surface area (Å²) >= 11 is 1.62. The number of rotatable bonds is 6. The minimum absolute atomic E-state index is 0.542. The standard InChI is InChI=1S/C15H27N5S/c1-12(2)13(20-9-7-19(3)8-10-20)11-16-14-5-6-15(21-4)18-17-14/h5-6,12-13H,7-11H2,1-4H3,(H,16,17)/t13-/m0/s1. The summed E-state index contributed by atoms with van der Waals surface area (Å²) in [5.74, 6) is 1.49. The summed E-state index contributed by atoms with van der Waals surface area (Å²) in [5, 5.41) is 12.8. The van der Waals surface area contributed by atoms with Crippen LogP contribution in [0.1, 0.15) is 13.8 Å². The molecule has 0 amide bonds. The molecule has 1 atom stereocenters. The Bertz CT molecular complexity index is 415. The molecule has 6 heteroatoms. The Kier molecular flexibility index (Phi) is 6.26. The summed E-state index contributed by atoms with van der Waals surface area (Å²) in [6.07, 6.45) is 2.01. The van der Waals surface area contributed by atoms with Gasteiger partial charge in [0.25, 0.3) is 0 Å². The third kappa shape index (κ3) is 4.83. The van der Waals surface area contributed by atoms with Crippen LogP contribution < -0.4 is 5.32 Å². The smallest absolute Gasteiger partial charge is 0.148 e. The number of piperazine rings is 1. The Morgan fingerprint density at radius 1 is 1.19 bits per heavy atom. The molecule has 0 radical (unpaired) electrons. The maximum atomic E-state index is 4.23. The lowest BCUT2D eigenvalue weighted by Crippen LogP contribution is -2.52. The highest BCUT2D eigenvalue weighted by Gasteiger charge is 2.24. The van der Waals surface area contributed by atoms with Crippen LogP contribution in [-0.2, 0) is 0 Å². The number of aromatic nitrogens is 2. The third-order valence-electron chi connectivity index (χ3n) is 4.12. The van der Waals surface area contributed by atoms with Crippen molar-refractivity contribution in [2.75, 3.05) is 51.3 Å². The molecule has 1 aliphatic heterocycles. The largest absolute Gasteiger partial charge is 0.367 e. The zero-order chi connectivity index (χ0) is 15.2. The molecule has 1 saturated heterocycles. The normalized spacial score (nSPS) is 18.9. The van der Waals surface area contributed by atoms with E-state index >= 15 is 0 Å². The number of hydrogen-bond acceptors (Lipinski definition) is 6. The maximum absolute atomic E-state index is 4.23. The topological polar surface area (TPSA) is 44.3 Å². The molecule has 5 nitrogen and oxygen atoms in total. The average molecular weight is 309 g/mol. The SMILES string of the molecule is CSc1ccc(NC[C@@H](C(C)C)N2CCN(C)CC2)nn1. The van der Waals surface area contributed by atoms with E-state index in [0.29, 0.717) is 12.0 Å². The third-order valence-corrected chi connectivity index (χ3v) is 4.75. The second kappa shape index (κ2) is 7.96. The van der Waals surface area contributed by atoms with Crippen molar-refractivity contribution in [3.63, 3.8) is 0 Å². The summed E-state index contributed by atoms with van der Waals surface area (Å²) in [5.41, 5.74) is 0. The van der Waals surface area contributed by atoms with E-state index in [4.69, 9.17) is 0 Å². The number of likely N-dealkylation sites (N-methyl/N-ethyl adjacent to an activating group) is 1. The molecule has 1 fully saturated rings. The first-order valence-electron chi connectivity index (χ1n) is 7.64. The lowest BCUT2D eigenvalue weighted by atomic mass is 10.0. The summed E-state index contributed by atoms with van der Waals surface area (Å²) in [4.78, 5) is 5.00. The molecule has 21 heavy (non-hydrogen) atoms. The Labute approximate surface area is 132 Å². The Morgan fingerprint density at radius 3 is 2.43 bits per heavy atom. The number of anilines is 1. The molecular weight excluding hydrogens is 282 g/mol. The fourth-order valence-corrected chi connectivity index (χ4v) is 3.00. The fraction of sp³-hybridized carbons (Fsp3) is 0.733. The van der Waals surface area contributed by atoms with Gasteiger partial charge in [-0.25, -0.2) is 0 Å². The van der Waals surface area contributed by atoms with Gasteiger partial charge in [0.1, 0.15) is 10.8 Å². The van der Waals surface area contributed by atoms with Gasteiger partial charge in [-0.3, -0.25) is 4.90 Å². The molecule has 2 heterocycles. The van der Waals surface area contributed by atoms with Crippen LogP contribution in [0, 0.1) is 5.92 Å². The van der Waals surface area contributed by atoms with E-state index in [1.807, 2.05) is 18.4 Å². The maximum Gasteiger partial charge on any atom is 0.148 e. The van der Waals surface area contributed by atoms with Crippen molar-refractivity contribution in [3.05, 3.63) is 12.1 Å². The number of nitrogens with one attached hydrogen (secondary N) is 1. The molecule has 1 aromatic heterocycles. The monoisotopic (exact) mass is 309 g/mol. The molecule has 1 aliphatic rings. The van der Waals surface area contributed by atoms with Gasteiger partial charge in [-0.05, 0) is 31.4 Å². The molecule has 0 aromatic carbocycles. The fourth-order valence-electron chi connectivity index (χ4n) is 2.67. The Balaban J connectivity index is 1.90. The van der Waals surface area contributed by atoms with E-state index in [9.17, 15) is 0 Å². The van der Waals surface area contributed by atoms with Gasteiger partial charge in [-0.2, -0.15) is 0 Å². The van der Waals surface area contributed by atoms with E-state index in [1.54, 1.807) is 11.8 Å². The van der Waals surface area contributed by atoms with E-state index in [-0.39, 0.29) is 0 Å². The van der Waals surface area contributed by atoms with Gasteiger partial charge in [0.2, 0.25) is 0 Å². The van der Waals surface area contributed by atoms with Crippen LogP contribution >= 0.6 is 11.8 Å². The van der Waals surface area contributed by atoms with Gasteiger partial charge in [-0.1, -0.05) is 13.8 Å². The summed E-state index contributed by atoms with van der Waals surface area (Å²) in [6.45, 7) is 10.1. The summed E-state index contributed by atoms with van der Waals surface area (Å²) < 4.78 is 0. The van der Waals surface area contributed by atoms with E-state index < -0.39 is 0 Å². The number of nitrogens with zero attached hydrogens (tertiary/aromatic N) is 4. The van der Waals surface area contributed by atoms with Gasteiger partial charge in [0.05, 0.1) is 0 Å². The van der Waals surface area contributed by atoms with Crippen molar-refractivity contribution in [1.29, 1.82) is 0 Å². The molecule has 0 unspecified atom stereocenters. The van der Waals surface area contributed by atoms with Crippen LogP contribution in [-0.4, -0.2) is 72.1 Å². The van der Waals surface area contributed by atoms with Crippen molar-refractivity contribution in [2.24, 2.45) is 5.92 Å². The van der Waals surface area contributed by atoms with Crippen molar-refractivity contribution < 1.29 is 0 Å². The van der Waals surface area contributed by atoms with Gasteiger partial charge in [0.15, 0.2) is 0 Å². The van der Waals surface area contributed by atoms with E-state index in [2.05, 4.69) is 46.2 Å². The van der Waals surface area contributed by atoms with Crippen LogP contribution in [0.25, 0.3) is 0 Å². The van der Waals surface area contributed by atoms with Gasteiger partial charge < -0.3 is 10.2 Å². The van der Waals surface area contributed by atoms with Gasteiger partial charge in [-0.15, -0.1) is 22.0 Å². The number of hydrogen-bond donors (Lipinski definition) is 1. The predicted octanol–water partition coefficient (Wildman–Crippen LogP) is 1.88. The minimum atomic E-state index is 0.542. The Morgan fingerprint density at radius 2 is 1.90 bits per heavy atom. The zero-order valence-electron chi connectivity index (χ0n) is 13.5. The molecule has 0 bridgehead atoms. The van der Waals surface area contributed by atoms with Crippen LogP contribution in [0.2, 0.25) is 0 Å². The quantitative estimate of drug-likeness (QED) is 0.810. The first-order chi connectivity index (χ1) is 10.1. The molecule has 0 spiro atoms. The predicted molar refractivity (Wildman–Crippen MR) is 90.0 cm³/mol. The zero-order valence-corrected chi connectivity index (χ0v) is 14.4. The summed E-state index contributed by atoms with van der Waals surface area (Å²) in [6, 6.07) is 4.57. The lowest BCUT2D eigenvalue weighted by Gasteiger charge is -2.40. The molecule has 118 valence electrons. The molecule has 2 rings (SSSR count). The van der Waals surface area contributed by atoms with Crippen LogP contribution in [0.4, 0.5) is 5.82 Å². The van der Waals surface area contributed by atoms with Crippen molar-refractivity contribution in [2.45, 2.75) is 24.9 Å². The molecule has 1 N–H and O–H groups in total. The van der Waals surface area contributed by atoms with Crippen LogP contribution in [0.3, 0.4) is 0 Å². The van der Waals surface area contributed by atoms with Crippen molar-refractivity contribution >= 4 is 17.6 Å². The first kappa shape index (κ1) is 16.5. The average Bonchev–Trinajstić information content (AvgIpc) is 2.49. The molecule has 0 saturated carbocycles. The second-order valence-corrected chi connectivity index (χ2v) is 6.82. The highest BCUT2D eigenvalue weighted by molar-refractivity contribution is 7.98. The Hall–Kier alpha value is -0.850. The van der Waals surface area contributed by atoms with Crippen LogP contribution in [0.5, 0.6) is 0 Å². The second-order valence-electron chi connectivity index (χ2n) is 5.99. The van der Waals surface area contributed by atoms with E-state index in [0.717, 1.165) is 43.6 Å². The van der Waals surface area contributed by atoms with Gasteiger partial charge in [0, 0.05) is 38.8 Å². The van der Waals surface area contributed by atoms with Crippen LogP contribution in [0.15, 0.2) is 17.2 Å². The molecule has 1 aromatic rings. The van der Waals surface area contributed by atoms with Crippen molar-refractivity contribution in [3.8, 4) is 0 Å². The first-order valence-corrected chi connectivity index (χ1v) is 8.87. The molecule has 0 aliphatic carbocycles. The number of thioether (sulfide) groups is 1. The van der Waals surface area contributed by atoms with Crippen molar-refractivity contribution in [1.82, 2.24) is 20.0 Å². The summed E-state index contributed by atoms with van der Waals surface area (Å²) in [7, 11) is 2.20. The highest BCUT2D eigenvalue weighted by atomic mass is 32.2. The van der Waals surface area contributed by atoms with Gasteiger partial charge >= 0.3 is 0 Å². The minimum Gasteiger partial charge on any atom is -0.367 e. The molecular formula is C15H27N5S. The van der Waals surface area contributed by atoms with E-state index in [1.165, 1.54) is 0 Å².